The first kappa shape index (κ1) is 15.3. The smallest absolute Gasteiger partial charge is 0.192 e. The molecule has 1 unspecified atom stereocenters. The van der Waals surface area contributed by atoms with E-state index in [1.807, 2.05) is 44.2 Å². The van der Waals surface area contributed by atoms with Crippen LogP contribution in [0.15, 0.2) is 47.5 Å². The zero-order valence-electron chi connectivity index (χ0n) is 12.8. The van der Waals surface area contributed by atoms with Gasteiger partial charge >= 0.3 is 0 Å². The third-order valence-corrected chi connectivity index (χ3v) is 4.68. The maximum absolute atomic E-state index is 12.6. The molecule has 3 rings (SSSR count). The fourth-order valence-corrected chi connectivity index (χ4v) is 3.36. The molecule has 5 heteroatoms. The van der Waals surface area contributed by atoms with Crippen LogP contribution < -0.4 is 0 Å². The van der Waals surface area contributed by atoms with E-state index < -0.39 is 0 Å². The molecule has 0 bridgehead atoms. The highest BCUT2D eigenvalue weighted by atomic mass is 32.2. The second-order valence-corrected chi connectivity index (χ2v) is 6.64. The van der Waals surface area contributed by atoms with Crippen LogP contribution >= 0.6 is 11.8 Å². The number of rotatable bonds is 4. The number of hydrogen-bond acceptors (Lipinski definition) is 4. The van der Waals surface area contributed by atoms with Gasteiger partial charge in [-0.05, 0) is 38.1 Å². The fraction of sp³-hybridized carbons (Fsp3) is 0.167. The number of H-pyrrole nitrogens is 1. The molecule has 0 amide bonds. The number of aromatic nitrogens is 2. The van der Waals surface area contributed by atoms with Crippen LogP contribution in [0.4, 0.5) is 0 Å². The van der Waals surface area contributed by atoms with Gasteiger partial charge in [-0.1, -0.05) is 30.0 Å². The topological polar surface area (TPSA) is 69.5 Å². The van der Waals surface area contributed by atoms with Gasteiger partial charge in [0.2, 0.25) is 0 Å². The average Bonchev–Trinajstić information content (AvgIpc) is 2.98. The number of nitrogens with zero attached hydrogens (tertiary/aromatic N) is 2. The fourth-order valence-electron chi connectivity index (χ4n) is 2.35. The third kappa shape index (κ3) is 3.13. The van der Waals surface area contributed by atoms with Crippen LogP contribution in [0.3, 0.4) is 0 Å². The van der Waals surface area contributed by atoms with Crippen molar-refractivity contribution in [3.05, 3.63) is 59.4 Å². The zero-order chi connectivity index (χ0) is 16.4. The molecule has 2 heterocycles. The van der Waals surface area contributed by atoms with E-state index in [-0.39, 0.29) is 11.0 Å². The summed E-state index contributed by atoms with van der Waals surface area (Å²) < 4.78 is 0. The van der Waals surface area contributed by atoms with Crippen molar-refractivity contribution in [3.8, 4) is 6.07 Å². The number of nitrogens with one attached hydrogen (secondary N) is 1. The molecule has 0 fully saturated rings. The van der Waals surface area contributed by atoms with Gasteiger partial charge < -0.3 is 4.98 Å². The van der Waals surface area contributed by atoms with E-state index in [4.69, 9.17) is 0 Å². The Morgan fingerprint density at radius 1 is 1.30 bits per heavy atom. The first-order valence-corrected chi connectivity index (χ1v) is 8.13. The summed E-state index contributed by atoms with van der Waals surface area (Å²) in [5.74, 6) is -0.00149. The van der Waals surface area contributed by atoms with Crippen molar-refractivity contribution in [3.63, 3.8) is 0 Å². The summed E-state index contributed by atoms with van der Waals surface area (Å²) in [6.07, 6.45) is 0. The van der Waals surface area contributed by atoms with Crippen LogP contribution in [0, 0.1) is 18.3 Å². The highest BCUT2D eigenvalue weighted by Crippen LogP contribution is 2.28. The van der Waals surface area contributed by atoms with E-state index in [0.717, 1.165) is 16.6 Å². The molecule has 0 radical (unpaired) electrons. The van der Waals surface area contributed by atoms with Crippen molar-refractivity contribution in [1.82, 2.24) is 9.97 Å². The van der Waals surface area contributed by atoms with E-state index in [0.29, 0.717) is 16.3 Å². The Balaban J connectivity index is 1.85. The van der Waals surface area contributed by atoms with Gasteiger partial charge in [0.05, 0.1) is 16.5 Å². The van der Waals surface area contributed by atoms with E-state index in [1.165, 1.54) is 11.8 Å². The molecular formula is C18H15N3OS. The Morgan fingerprint density at radius 3 is 2.83 bits per heavy atom. The first-order chi connectivity index (χ1) is 11.1. The van der Waals surface area contributed by atoms with E-state index in [1.54, 1.807) is 12.1 Å². The van der Waals surface area contributed by atoms with Gasteiger partial charge in [-0.2, -0.15) is 5.26 Å². The molecular weight excluding hydrogens is 306 g/mol. The number of Topliss-reactive ketones (excluding diaryl/α,β-unsaturated/α-hetero) is 1. The lowest BCUT2D eigenvalue weighted by molar-refractivity contribution is 0.0990. The number of benzene rings is 1. The number of nitriles is 1. The molecule has 4 nitrogen and oxygen atoms in total. The number of pyridine rings is 1. The largest absolute Gasteiger partial charge is 0.352 e. The number of fused-ring (bicyclic) bond motifs is 1. The van der Waals surface area contributed by atoms with Crippen LogP contribution in [0.1, 0.15) is 28.7 Å². The van der Waals surface area contributed by atoms with E-state index in [9.17, 15) is 10.1 Å². The molecule has 0 saturated heterocycles. The van der Waals surface area contributed by atoms with E-state index in [2.05, 4.69) is 16.0 Å². The van der Waals surface area contributed by atoms with Gasteiger partial charge in [-0.25, -0.2) is 4.98 Å². The number of aryl methyl sites for hydroxylation is 1. The summed E-state index contributed by atoms with van der Waals surface area (Å²) >= 11 is 1.32. The molecule has 1 aromatic carbocycles. The van der Waals surface area contributed by atoms with Crippen molar-refractivity contribution >= 4 is 28.4 Å². The Labute approximate surface area is 138 Å². The van der Waals surface area contributed by atoms with E-state index >= 15 is 0 Å². The second kappa shape index (κ2) is 6.27. The standard InChI is InChI=1S/C18H15N3OS/c1-11-7-8-14(10-19)18(20-11)23-12(2)17(22)16-9-13-5-3-4-6-15(13)21-16/h3-9,12,21H,1-2H3. The van der Waals surface area contributed by atoms with Crippen molar-refractivity contribution in [2.75, 3.05) is 0 Å². The van der Waals surface area contributed by atoms with Gasteiger partial charge in [-0.15, -0.1) is 0 Å². The Morgan fingerprint density at radius 2 is 2.09 bits per heavy atom. The minimum atomic E-state index is -0.329. The number of thioether (sulfide) groups is 1. The second-order valence-electron chi connectivity index (χ2n) is 5.31. The van der Waals surface area contributed by atoms with Crippen LogP contribution in [-0.2, 0) is 0 Å². The van der Waals surface area contributed by atoms with Crippen LogP contribution in [0.5, 0.6) is 0 Å². The molecule has 0 aliphatic rings. The summed E-state index contributed by atoms with van der Waals surface area (Å²) in [6, 6.07) is 15.3. The number of ketones is 1. The first-order valence-electron chi connectivity index (χ1n) is 7.25. The highest BCUT2D eigenvalue weighted by molar-refractivity contribution is 8.00. The molecule has 1 N–H and O–H groups in total. The van der Waals surface area contributed by atoms with Gasteiger partial charge in [0.25, 0.3) is 0 Å². The maximum atomic E-state index is 12.6. The number of carbonyl (C=O) groups excluding carboxylic acids is 1. The molecule has 0 aliphatic carbocycles. The van der Waals surface area contributed by atoms with Gasteiger partial charge in [0.1, 0.15) is 11.1 Å². The lowest BCUT2D eigenvalue weighted by Crippen LogP contribution is -2.14. The predicted octanol–water partition coefficient (Wildman–Crippen LogP) is 4.11. The average molecular weight is 321 g/mol. The minimum absolute atomic E-state index is 0.00149. The van der Waals surface area contributed by atoms with Gasteiger partial charge in [-0.3, -0.25) is 4.79 Å². The van der Waals surface area contributed by atoms with Crippen LogP contribution in [-0.4, -0.2) is 21.0 Å². The zero-order valence-corrected chi connectivity index (χ0v) is 13.6. The lowest BCUT2D eigenvalue weighted by atomic mass is 10.2. The number of para-hydroxylation sites is 1. The van der Waals surface area contributed by atoms with Gasteiger partial charge in [0, 0.05) is 16.6 Å². The normalized spacial score (nSPS) is 12.0. The van der Waals surface area contributed by atoms with Crippen LogP contribution in [0.25, 0.3) is 10.9 Å². The monoisotopic (exact) mass is 321 g/mol. The molecule has 2 aromatic heterocycles. The molecule has 0 spiro atoms. The minimum Gasteiger partial charge on any atom is -0.352 e. The number of aromatic amines is 1. The predicted molar refractivity (Wildman–Crippen MR) is 91.6 cm³/mol. The molecule has 1 atom stereocenters. The number of hydrogen-bond donors (Lipinski definition) is 1. The van der Waals surface area contributed by atoms with Crippen LogP contribution in [0.2, 0.25) is 0 Å². The van der Waals surface area contributed by atoms with Crippen molar-refractivity contribution in [2.24, 2.45) is 0 Å². The van der Waals surface area contributed by atoms with Gasteiger partial charge in [0.15, 0.2) is 5.78 Å². The quantitative estimate of drug-likeness (QED) is 0.580. The highest BCUT2D eigenvalue weighted by Gasteiger charge is 2.20. The summed E-state index contributed by atoms with van der Waals surface area (Å²) in [6.45, 7) is 3.71. The third-order valence-electron chi connectivity index (χ3n) is 3.57. The van der Waals surface area contributed by atoms with Crippen molar-refractivity contribution < 1.29 is 4.79 Å². The summed E-state index contributed by atoms with van der Waals surface area (Å²) in [5.41, 5.74) is 2.85. The molecule has 3 aromatic rings. The lowest BCUT2D eigenvalue weighted by Gasteiger charge is -2.10. The number of carbonyl (C=O) groups is 1. The molecule has 0 aliphatic heterocycles. The Bertz CT molecular complexity index is 890. The van der Waals surface area contributed by atoms with Crippen molar-refractivity contribution in [2.45, 2.75) is 24.1 Å². The summed E-state index contributed by atoms with van der Waals surface area (Å²) in [5, 5.41) is 10.5. The maximum Gasteiger partial charge on any atom is 0.192 e. The summed E-state index contributed by atoms with van der Waals surface area (Å²) in [4.78, 5) is 20.2. The Kier molecular flexibility index (Phi) is 4.18. The molecule has 114 valence electrons. The van der Waals surface area contributed by atoms with Crippen molar-refractivity contribution in [1.29, 1.82) is 5.26 Å². The SMILES string of the molecule is Cc1ccc(C#N)c(SC(C)C(=O)c2cc3ccccc3[nH]2)n1. The summed E-state index contributed by atoms with van der Waals surface area (Å²) in [7, 11) is 0. The molecule has 0 saturated carbocycles. The Hall–Kier alpha value is -2.58. The molecule has 23 heavy (non-hydrogen) atoms.